The SMILES string of the molecule is Cc1cc(C(=O)CN(C)c2ccc3ccccc3c2)c(C)n1-c1ncn[nH]1. The molecule has 6 nitrogen and oxygen atoms in total. The number of H-pyrrole nitrogens is 1. The Balaban J connectivity index is 1.59. The Labute approximate surface area is 157 Å². The topological polar surface area (TPSA) is 66.8 Å². The van der Waals surface area contributed by atoms with Crippen LogP contribution in [0.4, 0.5) is 5.69 Å². The average Bonchev–Trinajstić information content (AvgIpc) is 3.28. The molecule has 0 bridgehead atoms. The normalized spacial score (nSPS) is 11.1. The number of anilines is 1. The van der Waals surface area contributed by atoms with Gasteiger partial charge in [-0.05, 0) is 42.8 Å². The van der Waals surface area contributed by atoms with Gasteiger partial charge in [0.1, 0.15) is 6.33 Å². The molecule has 0 fully saturated rings. The fraction of sp³-hybridized carbons (Fsp3) is 0.190. The molecule has 0 amide bonds. The number of fused-ring (bicyclic) bond motifs is 1. The van der Waals surface area contributed by atoms with E-state index in [0.717, 1.165) is 22.5 Å². The first-order valence-electron chi connectivity index (χ1n) is 8.82. The molecule has 0 saturated heterocycles. The van der Waals surface area contributed by atoms with Crippen LogP contribution >= 0.6 is 0 Å². The van der Waals surface area contributed by atoms with Gasteiger partial charge in [-0.1, -0.05) is 30.3 Å². The molecule has 0 saturated carbocycles. The summed E-state index contributed by atoms with van der Waals surface area (Å²) in [5.41, 5.74) is 3.53. The van der Waals surface area contributed by atoms with Gasteiger partial charge in [-0.15, -0.1) is 0 Å². The Bertz CT molecular complexity index is 1110. The first kappa shape index (κ1) is 17.0. The zero-order valence-electron chi connectivity index (χ0n) is 15.6. The smallest absolute Gasteiger partial charge is 0.229 e. The molecule has 2 aromatic carbocycles. The second kappa shape index (κ2) is 6.72. The molecular formula is C21H21N5O. The van der Waals surface area contributed by atoms with Crippen molar-refractivity contribution >= 4 is 22.2 Å². The molecule has 1 N–H and O–H groups in total. The minimum atomic E-state index is 0.0736. The van der Waals surface area contributed by atoms with Gasteiger partial charge in [0.2, 0.25) is 5.95 Å². The number of benzene rings is 2. The van der Waals surface area contributed by atoms with E-state index in [1.54, 1.807) is 0 Å². The monoisotopic (exact) mass is 359 g/mol. The number of nitrogens with zero attached hydrogens (tertiary/aromatic N) is 4. The first-order valence-corrected chi connectivity index (χ1v) is 8.82. The third-order valence-corrected chi connectivity index (χ3v) is 4.90. The molecule has 6 heteroatoms. The lowest BCUT2D eigenvalue weighted by atomic mass is 10.1. The number of aromatic nitrogens is 4. The summed E-state index contributed by atoms with van der Waals surface area (Å²) in [6.07, 6.45) is 1.46. The standard InChI is InChI=1S/C21H21N5O/c1-14-10-19(15(2)26(14)21-22-13-23-24-21)20(27)12-25(3)18-9-8-16-6-4-5-7-17(16)11-18/h4-11,13H,12H2,1-3H3,(H,22,23,24). The summed E-state index contributed by atoms with van der Waals surface area (Å²) in [7, 11) is 1.94. The van der Waals surface area contributed by atoms with Gasteiger partial charge in [-0.2, -0.15) is 10.1 Å². The predicted octanol–water partition coefficient (Wildman–Crippen LogP) is 3.68. The number of aryl methyl sites for hydroxylation is 1. The summed E-state index contributed by atoms with van der Waals surface area (Å²) in [5.74, 6) is 0.691. The highest BCUT2D eigenvalue weighted by molar-refractivity contribution is 6.01. The molecule has 0 radical (unpaired) electrons. The Morgan fingerprint density at radius 3 is 2.63 bits per heavy atom. The van der Waals surface area contributed by atoms with Crippen molar-refractivity contribution in [2.24, 2.45) is 0 Å². The van der Waals surface area contributed by atoms with Gasteiger partial charge in [0.05, 0.1) is 6.54 Å². The third-order valence-electron chi connectivity index (χ3n) is 4.90. The zero-order chi connectivity index (χ0) is 19.0. The van der Waals surface area contributed by atoms with E-state index in [1.165, 1.54) is 11.7 Å². The van der Waals surface area contributed by atoms with Gasteiger partial charge in [-0.25, -0.2) is 5.10 Å². The maximum atomic E-state index is 12.9. The zero-order valence-corrected chi connectivity index (χ0v) is 15.6. The van der Waals surface area contributed by atoms with E-state index in [9.17, 15) is 4.79 Å². The molecule has 4 rings (SSSR count). The molecule has 27 heavy (non-hydrogen) atoms. The van der Waals surface area contributed by atoms with Gasteiger partial charge < -0.3 is 4.90 Å². The molecule has 0 unspecified atom stereocenters. The van der Waals surface area contributed by atoms with E-state index < -0.39 is 0 Å². The van der Waals surface area contributed by atoms with Crippen LogP contribution in [0.5, 0.6) is 0 Å². The van der Waals surface area contributed by atoms with E-state index in [4.69, 9.17) is 0 Å². The molecule has 136 valence electrons. The number of aromatic amines is 1. The summed E-state index contributed by atoms with van der Waals surface area (Å²) in [6, 6.07) is 16.4. The van der Waals surface area contributed by atoms with Gasteiger partial charge in [-0.3, -0.25) is 9.36 Å². The summed E-state index contributed by atoms with van der Waals surface area (Å²) < 4.78 is 1.91. The van der Waals surface area contributed by atoms with Crippen molar-refractivity contribution in [2.45, 2.75) is 13.8 Å². The van der Waals surface area contributed by atoms with E-state index >= 15 is 0 Å². The average molecular weight is 359 g/mol. The maximum absolute atomic E-state index is 12.9. The van der Waals surface area contributed by atoms with Crippen LogP contribution in [0.1, 0.15) is 21.7 Å². The summed E-state index contributed by atoms with van der Waals surface area (Å²) >= 11 is 0. The van der Waals surface area contributed by atoms with Crippen molar-refractivity contribution in [3.05, 3.63) is 71.8 Å². The van der Waals surface area contributed by atoms with Crippen molar-refractivity contribution in [2.75, 3.05) is 18.5 Å². The number of Topliss-reactive ketones (excluding diaryl/α,β-unsaturated/α-hetero) is 1. The van der Waals surface area contributed by atoms with Gasteiger partial charge in [0.15, 0.2) is 5.78 Å². The molecule has 4 aromatic rings. The Morgan fingerprint density at radius 2 is 1.89 bits per heavy atom. The molecule has 0 aliphatic carbocycles. The van der Waals surface area contributed by atoms with Crippen LogP contribution in [0, 0.1) is 13.8 Å². The number of carbonyl (C=O) groups is 1. The van der Waals surface area contributed by atoms with Gasteiger partial charge in [0, 0.05) is 29.7 Å². The molecule has 0 aliphatic heterocycles. The number of carbonyl (C=O) groups excluding carboxylic acids is 1. The van der Waals surface area contributed by atoms with E-state index in [2.05, 4.69) is 39.4 Å². The first-order chi connectivity index (χ1) is 13.0. The van der Waals surface area contributed by atoms with E-state index in [-0.39, 0.29) is 5.78 Å². The number of hydrogen-bond donors (Lipinski definition) is 1. The molecule has 2 heterocycles. The highest BCUT2D eigenvalue weighted by Gasteiger charge is 2.19. The van der Waals surface area contributed by atoms with Crippen LogP contribution in [-0.2, 0) is 0 Å². The Morgan fingerprint density at radius 1 is 1.11 bits per heavy atom. The van der Waals surface area contributed by atoms with Crippen molar-refractivity contribution in [3.8, 4) is 5.95 Å². The molecule has 0 aliphatic rings. The van der Waals surface area contributed by atoms with Crippen molar-refractivity contribution in [3.63, 3.8) is 0 Å². The number of hydrogen-bond acceptors (Lipinski definition) is 4. The van der Waals surface area contributed by atoms with Crippen LogP contribution in [-0.4, -0.2) is 39.1 Å². The van der Waals surface area contributed by atoms with Crippen molar-refractivity contribution in [1.82, 2.24) is 19.7 Å². The maximum Gasteiger partial charge on any atom is 0.229 e. The van der Waals surface area contributed by atoms with Crippen molar-refractivity contribution < 1.29 is 4.79 Å². The van der Waals surface area contributed by atoms with Crippen LogP contribution in [0.25, 0.3) is 16.7 Å². The van der Waals surface area contributed by atoms with Crippen LogP contribution in [0.2, 0.25) is 0 Å². The lowest BCUT2D eigenvalue weighted by Crippen LogP contribution is -2.25. The lowest BCUT2D eigenvalue weighted by molar-refractivity contribution is 0.1000. The Hall–Kier alpha value is -3.41. The van der Waals surface area contributed by atoms with Gasteiger partial charge in [0.25, 0.3) is 0 Å². The highest BCUT2D eigenvalue weighted by atomic mass is 16.1. The fourth-order valence-corrected chi connectivity index (χ4v) is 3.48. The lowest BCUT2D eigenvalue weighted by Gasteiger charge is -2.19. The summed E-state index contributed by atoms with van der Waals surface area (Å²) in [5, 5.41) is 9.10. The largest absolute Gasteiger partial charge is 0.367 e. The van der Waals surface area contributed by atoms with Crippen LogP contribution in [0.15, 0.2) is 54.9 Å². The molecule has 0 spiro atoms. The molecular weight excluding hydrogens is 338 g/mol. The highest BCUT2D eigenvalue weighted by Crippen LogP contribution is 2.23. The number of likely N-dealkylation sites (N-methyl/N-ethyl adjacent to an activating group) is 1. The second-order valence-corrected chi connectivity index (χ2v) is 6.74. The van der Waals surface area contributed by atoms with E-state index in [0.29, 0.717) is 18.1 Å². The van der Waals surface area contributed by atoms with Crippen LogP contribution < -0.4 is 4.90 Å². The second-order valence-electron chi connectivity index (χ2n) is 6.74. The molecule has 0 atom stereocenters. The third kappa shape index (κ3) is 3.10. The quantitative estimate of drug-likeness (QED) is 0.552. The Kier molecular flexibility index (Phi) is 4.24. The fourth-order valence-electron chi connectivity index (χ4n) is 3.48. The number of ketones is 1. The van der Waals surface area contributed by atoms with Crippen molar-refractivity contribution in [1.29, 1.82) is 0 Å². The van der Waals surface area contributed by atoms with E-state index in [1.807, 2.05) is 54.6 Å². The van der Waals surface area contributed by atoms with Crippen LogP contribution in [0.3, 0.4) is 0 Å². The number of rotatable bonds is 5. The summed E-state index contributed by atoms with van der Waals surface area (Å²) in [6.45, 7) is 4.19. The summed E-state index contributed by atoms with van der Waals surface area (Å²) in [4.78, 5) is 19.1. The number of nitrogens with one attached hydrogen (secondary N) is 1. The van der Waals surface area contributed by atoms with Gasteiger partial charge >= 0.3 is 0 Å². The minimum Gasteiger partial charge on any atom is -0.367 e. The molecule has 2 aromatic heterocycles. The minimum absolute atomic E-state index is 0.0736. The predicted molar refractivity (Wildman–Crippen MR) is 107 cm³/mol.